The highest BCUT2D eigenvalue weighted by Gasteiger charge is 2.19. The molecule has 3 aromatic heterocycles. The number of nitrogens with zero attached hydrogens (tertiary/aromatic N) is 2. The number of fused-ring (bicyclic) bond motifs is 9. The number of furan rings is 1. The summed E-state index contributed by atoms with van der Waals surface area (Å²) in [6.07, 6.45) is 0. The van der Waals surface area contributed by atoms with Crippen molar-refractivity contribution in [1.29, 1.82) is 0 Å². The zero-order valence-electron chi connectivity index (χ0n) is 27.6. The Labute approximate surface area is 293 Å². The topological polar surface area (TPSA) is 23.0 Å². The van der Waals surface area contributed by atoms with Gasteiger partial charge in [-0.2, -0.15) is 0 Å². The van der Waals surface area contributed by atoms with Gasteiger partial charge in [0.2, 0.25) is 0 Å². The van der Waals surface area contributed by atoms with E-state index in [2.05, 4.69) is 179 Å². The molecule has 0 aliphatic carbocycles. The van der Waals surface area contributed by atoms with Gasteiger partial charge in [0.1, 0.15) is 5.58 Å². The van der Waals surface area contributed by atoms with Crippen LogP contribution in [0.4, 0.5) is 0 Å². The van der Waals surface area contributed by atoms with Crippen molar-refractivity contribution in [3.8, 4) is 33.6 Å². The number of benzene rings is 8. The summed E-state index contributed by atoms with van der Waals surface area (Å²) < 4.78 is 11.3. The highest BCUT2D eigenvalue weighted by Crippen LogP contribution is 2.41. The summed E-state index contributed by atoms with van der Waals surface area (Å²) in [5, 5.41) is 7.18. The summed E-state index contributed by atoms with van der Waals surface area (Å²) in [7, 11) is 0. The zero-order chi connectivity index (χ0) is 33.5. The first kappa shape index (κ1) is 28.0. The van der Waals surface area contributed by atoms with Crippen molar-refractivity contribution in [2.45, 2.75) is 0 Å². The van der Waals surface area contributed by atoms with Crippen molar-refractivity contribution in [2.75, 3.05) is 0 Å². The lowest BCUT2D eigenvalue weighted by Gasteiger charge is -2.10. The molecule has 0 amide bonds. The molecule has 3 nitrogen and oxygen atoms in total. The fraction of sp³-hybridized carbons (Fsp3) is 0. The van der Waals surface area contributed by atoms with Crippen LogP contribution in [0.5, 0.6) is 0 Å². The highest BCUT2D eigenvalue weighted by atomic mass is 16.3. The van der Waals surface area contributed by atoms with Crippen LogP contribution in [0.25, 0.3) is 99.2 Å². The molecule has 3 heteroatoms. The van der Waals surface area contributed by atoms with E-state index in [4.69, 9.17) is 4.42 Å². The molecule has 0 spiro atoms. The molecular formula is C48H30N2O. The molecular weight excluding hydrogens is 621 g/mol. The van der Waals surface area contributed by atoms with Gasteiger partial charge in [-0.15, -0.1) is 0 Å². The second-order valence-electron chi connectivity index (χ2n) is 13.3. The van der Waals surface area contributed by atoms with E-state index >= 15 is 0 Å². The number of rotatable bonds is 4. The highest BCUT2D eigenvalue weighted by molar-refractivity contribution is 6.15. The summed E-state index contributed by atoms with van der Waals surface area (Å²) in [6.45, 7) is 0. The summed E-state index contributed by atoms with van der Waals surface area (Å²) in [4.78, 5) is 0. The van der Waals surface area contributed by atoms with Crippen LogP contribution >= 0.6 is 0 Å². The third-order valence-corrected chi connectivity index (χ3v) is 10.5. The maximum atomic E-state index is 6.52. The number of para-hydroxylation sites is 4. The van der Waals surface area contributed by atoms with Gasteiger partial charge in [0.15, 0.2) is 5.58 Å². The average molecular weight is 651 g/mol. The van der Waals surface area contributed by atoms with Gasteiger partial charge in [-0.25, -0.2) is 0 Å². The lowest BCUT2D eigenvalue weighted by atomic mass is 9.99. The van der Waals surface area contributed by atoms with Crippen LogP contribution in [0.1, 0.15) is 0 Å². The van der Waals surface area contributed by atoms with Crippen molar-refractivity contribution in [3.05, 3.63) is 182 Å². The Kier molecular flexibility index (Phi) is 5.96. The van der Waals surface area contributed by atoms with Crippen LogP contribution in [0.2, 0.25) is 0 Å². The Balaban J connectivity index is 1.13. The molecule has 0 radical (unpaired) electrons. The van der Waals surface area contributed by atoms with Gasteiger partial charge in [0.05, 0.1) is 27.8 Å². The Morgan fingerprint density at radius 3 is 1.53 bits per heavy atom. The number of hydrogen-bond acceptors (Lipinski definition) is 1. The van der Waals surface area contributed by atoms with E-state index in [0.29, 0.717) is 0 Å². The van der Waals surface area contributed by atoms with Crippen LogP contribution in [-0.4, -0.2) is 9.13 Å². The van der Waals surface area contributed by atoms with E-state index in [1.807, 2.05) is 12.1 Å². The quantitative estimate of drug-likeness (QED) is 0.186. The van der Waals surface area contributed by atoms with Gasteiger partial charge in [-0.05, 0) is 89.0 Å². The fourth-order valence-electron chi connectivity index (χ4n) is 8.19. The van der Waals surface area contributed by atoms with Gasteiger partial charge in [-0.1, -0.05) is 115 Å². The Hall–Kier alpha value is -6.84. The molecule has 51 heavy (non-hydrogen) atoms. The monoisotopic (exact) mass is 650 g/mol. The standard InChI is InChI=1S/C48H30N2O/c1-3-12-31(13-4-1)32-22-25-43-40(28-32)41-30-34(23-26-44(41)49(43)35-14-5-2-6-15-35)33-24-27-45-39(29-33)36-16-7-9-19-42(36)50(45)46-20-11-18-38-37-17-8-10-21-47(37)51-48(38)46/h1-30H. The van der Waals surface area contributed by atoms with Crippen molar-refractivity contribution in [2.24, 2.45) is 0 Å². The minimum Gasteiger partial charge on any atom is -0.454 e. The van der Waals surface area contributed by atoms with Gasteiger partial charge in [0.25, 0.3) is 0 Å². The molecule has 0 fully saturated rings. The van der Waals surface area contributed by atoms with Crippen LogP contribution in [-0.2, 0) is 0 Å². The molecule has 0 atom stereocenters. The zero-order valence-corrected chi connectivity index (χ0v) is 27.6. The second kappa shape index (κ2) is 10.8. The molecule has 11 rings (SSSR count). The summed E-state index contributed by atoms with van der Waals surface area (Å²) in [5.74, 6) is 0. The molecule has 3 heterocycles. The predicted octanol–water partition coefficient (Wildman–Crippen LogP) is 13.1. The van der Waals surface area contributed by atoms with Crippen LogP contribution in [0, 0.1) is 0 Å². The largest absolute Gasteiger partial charge is 0.454 e. The lowest BCUT2D eigenvalue weighted by molar-refractivity contribution is 0.666. The van der Waals surface area contributed by atoms with E-state index < -0.39 is 0 Å². The van der Waals surface area contributed by atoms with Crippen molar-refractivity contribution >= 4 is 65.6 Å². The van der Waals surface area contributed by atoms with Gasteiger partial charge in [-0.3, -0.25) is 0 Å². The molecule has 0 saturated carbocycles. The van der Waals surface area contributed by atoms with Crippen LogP contribution < -0.4 is 0 Å². The van der Waals surface area contributed by atoms with E-state index in [9.17, 15) is 0 Å². The number of hydrogen-bond donors (Lipinski definition) is 0. The van der Waals surface area contributed by atoms with E-state index in [0.717, 1.165) is 44.3 Å². The minimum atomic E-state index is 0.903. The van der Waals surface area contributed by atoms with E-state index in [1.54, 1.807) is 0 Å². The lowest BCUT2D eigenvalue weighted by Crippen LogP contribution is -1.94. The van der Waals surface area contributed by atoms with Gasteiger partial charge < -0.3 is 13.6 Å². The molecule has 11 aromatic rings. The first-order valence-electron chi connectivity index (χ1n) is 17.4. The smallest absolute Gasteiger partial charge is 0.159 e. The normalized spacial score (nSPS) is 11.9. The third-order valence-electron chi connectivity index (χ3n) is 10.5. The molecule has 0 aliphatic heterocycles. The van der Waals surface area contributed by atoms with Crippen molar-refractivity contribution in [1.82, 2.24) is 9.13 Å². The SMILES string of the molecule is c1ccc(-c2ccc3c(c2)c2cc(-c4ccc5c(c4)c4ccccc4n5-c4cccc5c4oc4ccccc45)ccc2n3-c2ccccc2)cc1. The molecule has 238 valence electrons. The third kappa shape index (κ3) is 4.19. The van der Waals surface area contributed by atoms with E-state index in [-0.39, 0.29) is 0 Å². The first-order chi connectivity index (χ1) is 25.3. The van der Waals surface area contributed by atoms with Gasteiger partial charge >= 0.3 is 0 Å². The fourth-order valence-corrected chi connectivity index (χ4v) is 8.19. The Morgan fingerprint density at radius 2 is 0.824 bits per heavy atom. The maximum absolute atomic E-state index is 6.52. The number of aromatic nitrogens is 2. The van der Waals surface area contributed by atoms with Crippen LogP contribution in [0.15, 0.2) is 186 Å². The summed E-state index contributed by atoms with van der Waals surface area (Å²) in [6, 6.07) is 65.5. The van der Waals surface area contributed by atoms with E-state index in [1.165, 1.54) is 54.8 Å². The van der Waals surface area contributed by atoms with Crippen LogP contribution in [0.3, 0.4) is 0 Å². The van der Waals surface area contributed by atoms with Crippen molar-refractivity contribution in [3.63, 3.8) is 0 Å². The van der Waals surface area contributed by atoms with Crippen molar-refractivity contribution < 1.29 is 4.42 Å². The summed E-state index contributed by atoms with van der Waals surface area (Å²) >= 11 is 0. The minimum absolute atomic E-state index is 0.903. The molecule has 0 aliphatic rings. The maximum Gasteiger partial charge on any atom is 0.159 e. The van der Waals surface area contributed by atoms with Gasteiger partial charge in [0, 0.05) is 38.0 Å². The second-order valence-corrected chi connectivity index (χ2v) is 13.3. The predicted molar refractivity (Wildman–Crippen MR) is 213 cm³/mol. The Morgan fingerprint density at radius 1 is 0.314 bits per heavy atom. The average Bonchev–Trinajstić information content (AvgIpc) is 3.85. The summed E-state index contributed by atoms with van der Waals surface area (Å²) in [5.41, 5.74) is 13.5. The molecule has 8 aromatic carbocycles. The Bertz CT molecular complexity index is 3130. The molecule has 0 saturated heterocycles. The molecule has 0 unspecified atom stereocenters. The first-order valence-corrected chi connectivity index (χ1v) is 17.4. The molecule has 0 bridgehead atoms. The molecule has 0 N–H and O–H groups in total.